The molecule has 0 saturated heterocycles. The number of halogens is 6. The third-order valence-corrected chi connectivity index (χ3v) is 7.23. The van der Waals surface area contributed by atoms with E-state index in [1.54, 1.807) is 18.2 Å². The fourth-order valence-corrected chi connectivity index (χ4v) is 5.93. The molecule has 2 aromatic carbocycles. The molecule has 0 bridgehead atoms. The van der Waals surface area contributed by atoms with E-state index in [0.717, 1.165) is 16.7 Å². The SMILES string of the molecule is CCOc1ccc2c(ccn2S(=O)(=O)c2c(Cl)cc(Cl)cc2Cl)c1CN(C)C.O=C(O)C(F)(F)F. The molecule has 1 aromatic heterocycles. The van der Waals surface area contributed by atoms with E-state index in [0.29, 0.717) is 18.7 Å². The topological polar surface area (TPSA) is 88.8 Å². The van der Waals surface area contributed by atoms with Crippen molar-refractivity contribution in [2.24, 2.45) is 0 Å². The zero-order valence-electron chi connectivity index (χ0n) is 18.5. The van der Waals surface area contributed by atoms with Gasteiger partial charge in [-0.25, -0.2) is 17.2 Å². The molecular formula is C21H20Cl3F3N2O5S. The lowest BCUT2D eigenvalue weighted by molar-refractivity contribution is -0.192. The molecule has 0 fully saturated rings. The van der Waals surface area contributed by atoms with Crippen LogP contribution in [0.15, 0.2) is 41.4 Å². The van der Waals surface area contributed by atoms with Crippen LogP contribution < -0.4 is 4.74 Å². The molecule has 3 aromatic rings. The Hall–Kier alpha value is -2.18. The van der Waals surface area contributed by atoms with E-state index < -0.39 is 22.2 Å². The summed E-state index contributed by atoms with van der Waals surface area (Å²) in [6.45, 7) is 3.02. The minimum Gasteiger partial charge on any atom is -0.494 e. The van der Waals surface area contributed by atoms with Crippen LogP contribution in [0.5, 0.6) is 5.75 Å². The van der Waals surface area contributed by atoms with Gasteiger partial charge in [0.1, 0.15) is 10.6 Å². The average molecular weight is 576 g/mol. The number of aliphatic carboxylic acids is 1. The first-order chi connectivity index (χ1) is 16.1. The summed E-state index contributed by atoms with van der Waals surface area (Å²) in [5, 5.41) is 8.11. The molecule has 0 radical (unpaired) electrons. The maximum absolute atomic E-state index is 13.3. The maximum Gasteiger partial charge on any atom is 0.490 e. The highest BCUT2D eigenvalue weighted by Crippen LogP contribution is 2.37. The Labute approximate surface area is 214 Å². The number of ether oxygens (including phenoxy) is 1. The van der Waals surface area contributed by atoms with Crippen molar-refractivity contribution < 1.29 is 36.2 Å². The van der Waals surface area contributed by atoms with Gasteiger partial charge in [-0.2, -0.15) is 13.2 Å². The van der Waals surface area contributed by atoms with E-state index in [-0.39, 0.29) is 20.0 Å². The summed E-state index contributed by atoms with van der Waals surface area (Å²) < 4.78 is 65.3. The fourth-order valence-electron chi connectivity index (χ4n) is 3.09. The molecule has 0 aliphatic heterocycles. The molecule has 0 saturated carbocycles. The van der Waals surface area contributed by atoms with Crippen molar-refractivity contribution in [3.63, 3.8) is 0 Å². The van der Waals surface area contributed by atoms with Gasteiger partial charge in [0.15, 0.2) is 0 Å². The number of hydrogen-bond donors (Lipinski definition) is 1. The van der Waals surface area contributed by atoms with Crippen molar-refractivity contribution in [1.82, 2.24) is 8.87 Å². The van der Waals surface area contributed by atoms with E-state index >= 15 is 0 Å². The zero-order chi connectivity index (χ0) is 26.7. The first-order valence-corrected chi connectivity index (χ1v) is 12.3. The molecule has 0 amide bonds. The van der Waals surface area contributed by atoms with E-state index in [1.165, 1.54) is 22.3 Å². The van der Waals surface area contributed by atoms with Crippen molar-refractivity contribution in [3.05, 3.63) is 57.2 Å². The van der Waals surface area contributed by atoms with E-state index in [9.17, 15) is 21.6 Å². The molecule has 0 unspecified atom stereocenters. The van der Waals surface area contributed by atoms with Crippen molar-refractivity contribution in [3.8, 4) is 5.75 Å². The van der Waals surface area contributed by atoms with Gasteiger partial charge in [0.2, 0.25) is 0 Å². The summed E-state index contributed by atoms with van der Waals surface area (Å²) in [5.41, 5.74) is 1.42. The first-order valence-electron chi connectivity index (χ1n) is 9.71. The lowest BCUT2D eigenvalue weighted by Crippen LogP contribution is -2.21. The molecule has 0 aliphatic carbocycles. The molecule has 1 N–H and O–H groups in total. The summed E-state index contributed by atoms with van der Waals surface area (Å²) in [5.74, 6) is -2.03. The predicted octanol–water partition coefficient (Wildman–Crippen LogP) is 5.93. The van der Waals surface area contributed by atoms with E-state index in [4.69, 9.17) is 49.4 Å². The van der Waals surface area contributed by atoms with Gasteiger partial charge in [0.25, 0.3) is 10.0 Å². The number of alkyl halides is 3. The highest BCUT2D eigenvalue weighted by molar-refractivity contribution is 7.90. The van der Waals surface area contributed by atoms with Crippen LogP contribution in [-0.2, 0) is 21.4 Å². The minimum atomic E-state index is -5.08. The summed E-state index contributed by atoms with van der Waals surface area (Å²) >= 11 is 18.3. The smallest absolute Gasteiger partial charge is 0.490 e. The predicted molar refractivity (Wildman–Crippen MR) is 128 cm³/mol. The summed E-state index contributed by atoms with van der Waals surface area (Å²) in [6.07, 6.45) is -3.59. The van der Waals surface area contributed by atoms with Gasteiger partial charge in [-0.05, 0) is 51.4 Å². The summed E-state index contributed by atoms with van der Waals surface area (Å²) in [4.78, 5) is 10.7. The number of hydrogen-bond acceptors (Lipinski definition) is 5. The number of nitrogens with zero attached hydrogens (tertiary/aromatic N) is 2. The second-order valence-corrected chi connectivity index (χ2v) is 10.3. The largest absolute Gasteiger partial charge is 0.494 e. The van der Waals surface area contributed by atoms with Gasteiger partial charge in [-0.1, -0.05) is 34.8 Å². The highest BCUT2D eigenvalue weighted by atomic mass is 35.5. The molecule has 14 heteroatoms. The number of rotatable bonds is 6. The molecule has 7 nitrogen and oxygen atoms in total. The third kappa shape index (κ3) is 6.73. The van der Waals surface area contributed by atoms with E-state index in [1.807, 2.05) is 25.9 Å². The Bertz CT molecular complexity index is 1320. The minimum absolute atomic E-state index is 0.0289. The Morgan fingerprint density at radius 1 is 1.11 bits per heavy atom. The lowest BCUT2D eigenvalue weighted by atomic mass is 10.1. The summed E-state index contributed by atoms with van der Waals surface area (Å²) in [6, 6.07) is 7.97. The molecule has 0 atom stereocenters. The van der Waals surface area contributed by atoms with Gasteiger partial charge in [0, 0.05) is 28.7 Å². The van der Waals surface area contributed by atoms with E-state index in [2.05, 4.69) is 0 Å². The second kappa shape index (κ2) is 11.3. The third-order valence-electron chi connectivity index (χ3n) is 4.40. The van der Waals surface area contributed by atoms with Crippen molar-refractivity contribution >= 4 is 61.7 Å². The number of carboxylic acids is 1. The Morgan fingerprint density at radius 3 is 2.11 bits per heavy atom. The number of benzene rings is 2. The highest BCUT2D eigenvalue weighted by Gasteiger charge is 2.38. The van der Waals surface area contributed by atoms with Gasteiger partial charge < -0.3 is 14.7 Å². The van der Waals surface area contributed by atoms with Crippen LogP contribution in [0.1, 0.15) is 12.5 Å². The zero-order valence-corrected chi connectivity index (χ0v) is 21.6. The lowest BCUT2D eigenvalue weighted by Gasteiger charge is -2.16. The van der Waals surface area contributed by atoms with Crippen molar-refractivity contribution in [1.29, 1.82) is 0 Å². The molecule has 35 heavy (non-hydrogen) atoms. The molecule has 3 rings (SSSR count). The summed E-state index contributed by atoms with van der Waals surface area (Å²) in [7, 11) is -0.151. The van der Waals surface area contributed by atoms with Crippen LogP contribution in [0, 0.1) is 0 Å². The number of fused-ring (bicyclic) bond motifs is 1. The quantitative estimate of drug-likeness (QED) is 0.392. The van der Waals surface area contributed by atoms with Crippen LogP contribution >= 0.6 is 34.8 Å². The van der Waals surface area contributed by atoms with Crippen LogP contribution in [0.25, 0.3) is 10.9 Å². The molecular weight excluding hydrogens is 556 g/mol. The van der Waals surface area contributed by atoms with Crippen LogP contribution in [0.3, 0.4) is 0 Å². The molecule has 0 spiro atoms. The van der Waals surface area contributed by atoms with Gasteiger partial charge in [-0.15, -0.1) is 0 Å². The first kappa shape index (κ1) is 29.1. The van der Waals surface area contributed by atoms with Crippen molar-refractivity contribution in [2.45, 2.75) is 24.5 Å². The maximum atomic E-state index is 13.3. The average Bonchev–Trinajstić information content (AvgIpc) is 3.13. The van der Waals surface area contributed by atoms with Crippen LogP contribution in [0.4, 0.5) is 13.2 Å². The number of aromatic nitrogens is 1. The number of carboxylic acid groups (broad SMARTS) is 1. The Morgan fingerprint density at radius 2 is 1.66 bits per heavy atom. The molecule has 0 aliphatic rings. The van der Waals surface area contributed by atoms with Gasteiger partial charge >= 0.3 is 12.1 Å². The van der Waals surface area contributed by atoms with Crippen LogP contribution in [0.2, 0.25) is 15.1 Å². The Balaban J connectivity index is 0.000000540. The standard InChI is InChI=1S/C19H19Cl3N2O3S.C2HF3O2/c1-4-27-18-6-5-17-13(14(18)11-23(2)3)7-8-24(17)28(25,26)19-15(21)9-12(20)10-16(19)22;3-2(4,5)1(6)7/h5-10H,4,11H2,1-3H3;(H,6,7). The number of carbonyl (C=O) groups is 1. The van der Waals surface area contributed by atoms with Gasteiger partial charge in [0.05, 0.1) is 22.2 Å². The molecule has 1 heterocycles. The second-order valence-electron chi connectivity index (χ2n) is 7.26. The normalized spacial score (nSPS) is 11.9. The Kier molecular flexibility index (Phi) is 9.34. The van der Waals surface area contributed by atoms with Crippen molar-refractivity contribution in [2.75, 3.05) is 20.7 Å². The fraction of sp³-hybridized carbons (Fsp3) is 0.286. The van der Waals surface area contributed by atoms with Crippen LogP contribution in [-0.4, -0.2) is 55.2 Å². The molecule has 192 valence electrons. The monoisotopic (exact) mass is 574 g/mol. The van der Waals surface area contributed by atoms with Gasteiger partial charge in [-0.3, -0.25) is 0 Å².